The van der Waals surface area contributed by atoms with Crippen LogP contribution in [0.5, 0.6) is 0 Å². The van der Waals surface area contributed by atoms with Crippen molar-refractivity contribution < 1.29 is 13.9 Å². The van der Waals surface area contributed by atoms with E-state index in [1.807, 2.05) is 11.8 Å². The van der Waals surface area contributed by atoms with E-state index < -0.39 is 0 Å². The lowest BCUT2D eigenvalue weighted by Gasteiger charge is -2.37. The van der Waals surface area contributed by atoms with Gasteiger partial charge in [-0.2, -0.15) is 0 Å². The molecule has 1 aromatic carbocycles. The molecule has 0 radical (unpaired) electrons. The molecule has 3 unspecified atom stereocenters. The van der Waals surface area contributed by atoms with E-state index >= 15 is 0 Å². The number of nitrogens with zero attached hydrogens (tertiary/aromatic N) is 3. The third kappa shape index (κ3) is 5.19. The number of piperazine rings is 1. The minimum absolute atomic E-state index is 0. The smallest absolute Gasteiger partial charge is 0.251 e. The van der Waals surface area contributed by atoms with Crippen molar-refractivity contribution >= 4 is 47.4 Å². The number of hydrogen-bond acceptors (Lipinski definition) is 3. The molecule has 1 amide bonds. The van der Waals surface area contributed by atoms with Crippen molar-refractivity contribution in [3.05, 3.63) is 34.6 Å². The molecule has 0 spiro atoms. The van der Waals surface area contributed by atoms with Gasteiger partial charge in [-0.25, -0.2) is 4.39 Å². The number of amides is 1. The maximum atomic E-state index is 14.2. The van der Waals surface area contributed by atoms with Gasteiger partial charge in [-0.3, -0.25) is 9.79 Å². The highest BCUT2D eigenvalue weighted by Crippen LogP contribution is 2.45. The van der Waals surface area contributed by atoms with Gasteiger partial charge in [0, 0.05) is 61.9 Å². The molecule has 2 heterocycles. The second-order valence-electron chi connectivity index (χ2n) is 7.84. The lowest BCUT2D eigenvalue weighted by molar-refractivity contribution is -0.142. The fourth-order valence-corrected chi connectivity index (χ4v) is 4.51. The van der Waals surface area contributed by atoms with E-state index in [-0.39, 0.29) is 53.8 Å². The highest BCUT2D eigenvalue weighted by atomic mass is 127. The van der Waals surface area contributed by atoms with Gasteiger partial charge in [0.25, 0.3) is 5.91 Å². The molecule has 1 aromatic rings. The fourth-order valence-electron chi connectivity index (χ4n) is 4.21. The maximum absolute atomic E-state index is 14.2. The Bertz CT molecular complexity index is 762. The van der Waals surface area contributed by atoms with Crippen molar-refractivity contribution in [2.24, 2.45) is 4.99 Å². The van der Waals surface area contributed by atoms with Crippen molar-refractivity contribution in [1.29, 1.82) is 0 Å². The first-order valence-corrected chi connectivity index (χ1v) is 10.9. The topological polar surface area (TPSA) is 57.2 Å². The van der Waals surface area contributed by atoms with Crippen LogP contribution < -0.4 is 5.32 Å². The largest absolute Gasteiger partial charge is 0.368 e. The number of ether oxygens (including phenoxy) is 1. The van der Waals surface area contributed by atoms with E-state index in [2.05, 4.69) is 15.2 Å². The Hall–Kier alpha value is -1.13. The molecule has 1 saturated carbocycles. The van der Waals surface area contributed by atoms with Crippen LogP contribution in [0.3, 0.4) is 0 Å². The van der Waals surface area contributed by atoms with Crippen LogP contribution in [0, 0.1) is 5.82 Å². The van der Waals surface area contributed by atoms with Gasteiger partial charge in [-0.15, -0.1) is 24.0 Å². The maximum Gasteiger partial charge on any atom is 0.251 e. The fraction of sp³-hybridized carbons (Fsp3) is 0.619. The van der Waals surface area contributed by atoms with Crippen molar-refractivity contribution in [2.45, 2.75) is 44.2 Å². The van der Waals surface area contributed by atoms with Crippen LogP contribution in [-0.2, 0) is 9.53 Å². The van der Waals surface area contributed by atoms with Crippen LogP contribution in [0.1, 0.15) is 37.7 Å². The number of hydrogen-bond donors (Lipinski definition) is 1. The molecule has 4 rings (SSSR count). The molecule has 6 nitrogen and oxygen atoms in total. The molecule has 9 heteroatoms. The normalized spacial score (nSPS) is 26.4. The first-order chi connectivity index (χ1) is 14.1. The summed E-state index contributed by atoms with van der Waals surface area (Å²) in [7, 11) is 0. The Morgan fingerprint density at radius 1 is 1.30 bits per heavy atom. The highest BCUT2D eigenvalue weighted by Gasteiger charge is 2.42. The van der Waals surface area contributed by atoms with E-state index in [1.165, 1.54) is 6.07 Å². The van der Waals surface area contributed by atoms with Crippen LogP contribution in [0.15, 0.2) is 23.2 Å². The molecule has 30 heavy (non-hydrogen) atoms. The molecule has 3 aliphatic rings. The second-order valence-corrected chi connectivity index (χ2v) is 8.25. The number of guanidine groups is 1. The summed E-state index contributed by atoms with van der Waals surface area (Å²) in [6.07, 6.45) is 2.36. The molecule has 2 aliphatic heterocycles. The van der Waals surface area contributed by atoms with E-state index in [9.17, 15) is 9.18 Å². The predicted molar refractivity (Wildman–Crippen MR) is 126 cm³/mol. The van der Waals surface area contributed by atoms with Crippen LogP contribution in [0.4, 0.5) is 4.39 Å². The number of aliphatic imine (C=N–C) groups is 1. The first-order valence-electron chi connectivity index (χ1n) is 10.5. The number of carbonyl (C=O) groups excluding carboxylic acids is 1. The minimum Gasteiger partial charge on any atom is -0.368 e. The molecule has 0 bridgehead atoms. The highest BCUT2D eigenvalue weighted by molar-refractivity contribution is 14.0. The minimum atomic E-state index is -0.263. The quantitative estimate of drug-likeness (QED) is 0.355. The zero-order valence-corrected chi connectivity index (χ0v) is 20.2. The van der Waals surface area contributed by atoms with Gasteiger partial charge >= 0.3 is 0 Å². The van der Waals surface area contributed by atoms with Gasteiger partial charge in [0.2, 0.25) is 0 Å². The number of benzene rings is 1. The SMILES string of the molecule is CCN=C(NC1CC1c1c(F)cccc1Cl)N1CCN(C(=O)C2CCCO2)CC1.I. The monoisotopic (exact) mass is 550 g/mol. The molecule has 3 atom stereocenters. The summed E-state index contributed by atoms with van der Waals surface area (Å²) < 4.78 is 19.7. The van der Waals surface area contributed by atoms with Gasteiger partial charge in [0.05, 0.1) is 0 Å². The van der Waals surface area contributed by atoms with Crippen LogP contribution in [0.2, 0.25) is 5.02 Å². The van der Waals surface area contributed by atoms with Crippen LogP contribution in [-0.4, -0.2) is 73.1 Å². The van der Waals surface area contributed by atoms with E-state index in [1.54, 1.807) is 12.1 Å². The first kappa shape index (κ1) is 23.5. The Labute approximate surface area is 199 Å². The number of halogens is 3. The molecule has 166 valence electrons. The van der Waals surface area contributed by atoms with Gasteiger partial charge in [0.1, 0.15) is 11.9 Å². The number of rotatable bonds is 4. The predicted octanol–water partition coefficient (Wildman–Crippen LogP) is 3.24. The molecule has 3 fully saturated rings. The summed E-state index contributed by atoms with van der Waals surface area (Å²) in [6, 6.07) is 4.96. The number of carbonyl (C=O) groups is 1. The summed E-state index contributed by atoms with van der Waals surface area (Å²) in [4.78, 5) is 21.2. The molecular weight excluding hydrogens is 522 g/mol. The zero-order chi connectivity index (χ0) is 20.4. The molecule has 1 aliphatic carbocycles. The molecular formula is C21H29ClFIN4O2. The average Bonchev–Trinajstić information content (AvgIpc) is 3.24. The van der Waals surface area contributed by atoms with E-state index in [4.69, 9.17) is 16.3 Å². The van der Waals surface area contributed by atoms with Crippen LogP contribution in [0.25, 0.3) is 0 Å². The van der Waals surface area contributed by atoms with E-state index in [0.717, 1.165) is 38.3 Å². The van der Waals surface area contributed by atoms with E-state index in [0.29, 0.717) is 36.8 Å². The van der Waals surface area contributed by atoms with Crippen LogP contribution >= 0.6 is 35.6 Å². The molecule has 1 N–H and O–H groups in total. The van der Waals surface area contributed by atoms with Gasteiger partial charge in [-0.1, -0.05) is 17.7 Å². The third-order valence-electron chi connectivity index (χ3n) is 5.88. The number of nitrogens with one attached hydrogen (secondary N) is 1. The summed E-state index contributed by atoms with van der Waals surface area (Å²) in [5.41, 5.74) is 0.592. The van der Waals surface area contributed by atoms with Gasteiger partial charge in [-0.05, 0) is 38.3 Å². The van der Waals surface area contributed by atoms with Crippen molar-refractivity contribution in [2.75, 3.05) is 39.3 Å². The summed E-state index contributed by atoms with van der Waals surface area (Å²) in [5.74, 6) is 0.757. The average molecular weight is 551 g/mol. The van der Waals surface area contributed by atoms with Gasteiger partial charge in [0.15, 0.2) is 5.96 Å². The summed E-state index contributed by atoms with van der Waals surface area (Å²) in [6.45, 7) is 6.12. The second kappa shape index (κ2) is 10.5. The van der Waals surface area contributed by atoms with Gasteiger partial charge < -0.3 is 19.9 Å². The standard InChI is InChI=1S/C21H28ClFN4O2.HI/c1-2-24-21(25-17-13-14(17)19-15(22)5-3-6-16(19)23)27-10-8-26(9-11-27)20(28)18-7-4-12-29-18;/h3,5-6,14,17-18H,2,4,7-13H2,1H3,(H,24,25);1H. The Morgan fingerprint density at radius 3 is 2.67 bits per heavy atom. The Balaban J connectivity index is 0.00000256. The lowest BCUT2D eigenvalue weighted by atomic mass is 10.1. The van der Waals surface area contributed by atoms with Crippen molar-refractivity contribution in [3.63, 3.8) is 0 Å². The zero-order valence-electron chi connectivity index (χ0n) is 17.2. The third-order valence-corrected chi connectivity index (χ3v) is 6.21. The summed E-state index contributed by atoms with van der Waals surface area (Å²) in [5, 5.41) is 3.97. The van der Waals surface area contributed by atoms with Crippen molar-refractivity contribution in [1.82, 2.24) is 15.1 Å². The Morgan fingerprint density at radius 2 is 2.03 bits per heavy atom. The summed E-state index contributed by atoms with van der Waals surface area (Å²) >= 11 is 6.22. The Kier molecular flexibility index (Phi) is 8.20. The lowest BCUT2D eigenvalue weighted by Crippen LogP contribution is -2.55. The molecule has 0 aromatic heterocycles. The molecule has 2 saturated heterocycles. The van der Waals surface area contributed by atoms with Crippen molar-refractivity contribution in [3.8, 4) is 0 Å².